The Bertz CT molecular complexity index is 1090. The maximum absolute atomic E-state index is 13.0. The predicted octanol–water partition coefficient (Wildman–Crippen LogP) is 4.34. The summed E-state index contributed by atoms with van der Waals surface area (Å²) < 4.78 is 0. The standard InChI is InChI=1S/C25H26N4O/c1-17-12-19(16-29(15-17)24(30)9-6-18-4-2-10-26-13-18)20-7-8-22(23-14-28-23)25-21(20)5-3-11-27-25/h2-5,7-8,10-11,13-14,17,19,23H,6,9,12,15-16H2,1H3/t17?,19-,23?/m1/s1. The second kappa shape index (κ2) is 7.98. The fraction of sp³-hybridized carbons (Fsp3) is 0.360. The van der Waals surface area contributed by atoms with Crippen LogP contribution >= 0.6 is 0 Å². The van der Waals surface area contributed by atoms with E-state index in [1.807, 2.05) is 36.8 Å². The number of benzene rings is 1. The average Bonchev–Trinajstić information content (AvgIpc) is 3.62. The van der Waals surface area contributed by atoms with E-state index >= 15 is 0 Å². The second-order valence-electron chi connectivity index (χ2n) is 8.58. The number of aromatic nitrogens is 2. The van der Waals surface area contributed by atoms with E-state index in [2.05, 4.69) is 45.0 Å². The molecule has 0 N–H and O–H groups in total. The molecule has 3 aromatic rings. The number of fused-ring (bicyclic) bond motifs is 1. The number of piperidine rings is 1. The minimum absolute atomic E-state index is 0.187. The second-order valence-corrected chi connectivity index (χ2v) is 8.58. The SMILES string of the molecule is CC1C[C@@H](c2ccc(C3C=N3)c3ncccc23)CN(C(=O)CCc2cccnc2)C1. The van der Waals surface area contributed by atoms with Gasteiger partial charge in [0, 0.05) is 61.2 Å². The smallest absolute Gasteiger partial charge is 0.222 e. The number of hydrogen-bond acceptors (Lipinski definition) is 4. The molecule has 2 aliphatic rings. The molecule has 0 spiro atoms. The molecule has 3 atom stereocenters. The molecule has 0 aliphatic carbocycles. The molecule has 2 aliphatic heterocycles. The number of amides is 1. The number of nitrogens with zero attached hydrogens (tertiary/aromatic N) is 4. The van der Waals surface area contributed by atoms with Gasteiger partial charge in [-0.05, 0) is 42.0 Å². The van der Waals surface area contributed by atoms with Crippen LogP contribution in [0.4, 0.5) is 0 Å². The van der Waals surface area contributed by atoms with Gasteiger partial charge in [0.05, 0.1) is 5.52 Å². The Hall–Kier alpha value is -3.08. The van der Waals surface area contributed by atoms with Crippen molar-refractivity contribution >= 4 is 23.0 Å². The molecule has 0 bridgehead atoms. The number of hydrogen-bond donors (Lipinski definition) is 0. The average molecular weight is 399 g/mol. The normalized spacial score (nSPS) is 23.0. The van der Waals surface area contributed by atoms with E-state index in [1.165, 1.54) is 16.5 Å². The van der Waals surface area contributed by atoms with Crippen molar-refractivity contribution in [1.29, 1.82) is 0 Å². The largest absolute Gasteiger partial charge is 0.342 e. The van der Waals surface area contributed by atoms with Crippen molar-refractivity contribution in [2.45, 2.75) is 38.1 Å². The lowest BCUT2D eigenvalue weighted by Gasteiger charge is -2.37. The topological polar surface area (TPSA) is 58.5 Å². The molecule has 0 radical (unpaired) electrons. The monoisotopic (exact) mass is 398 g/mol. The summed E-state index contributed by atoms with van der Waals surface area (Å²) in [5, 5.41) is 1.20. The summed E-state index contributed by atoms with van der Waals surface area (Å²) in [6.45, 7) is 3.87. The van der Waals surface area contributed by atoms with Crippen LogP contribution in [0.2, 0.25) is 0 Å². The number of likely N-dealkylation sites (tertiary alicyclic amines) is 1. The highest BCUT2D eigenvalue weighted by molar-refractivity contribution is 5.92. The van der Waals surface area contributed by atoms with Gasteiger partial charge >= 0.3 is 0 Å². The van der Waals surface area contributed by atoms with E-state index in [4.69, 9.17) is 0 Å². The number of carbonyl (C=O) groups is 1. The fourth-order valence-corrected chi connectivity index (χ4v) is 4.75. The van der Waals surface area contributed by atoms with E-state index in [0.29, 0.717) is 18.3 Å². The molecule has 5 heteroatoms. The number of aliphatic imine (C=N–C) groups is 1. The van der Waals surface area contributed by atoms with E-state index in [9.17, 15) is 4.79 Å². The van der Waals surface area contributed by atoms with Crippen LogP contribution in [-0.2, 0) is 11.2 Å². The van der Waals surface area contributed by atoms with Crippen LogP contribution in [0, 0.1) is 5.92 Å². The van der Waals surface area contributed by atoms with Crippen LogP contribution in [0.1, 0.15) is 48.4 Å². The summed E-state index contributed by atoms with van der Waals surface area (Å²) in [5.74, 6) is 1.04. The summed E-state index contributed by atoms with van der Waals surface area (Å²) in [5.41, 5.74) is 4.65. The van der Waals surface area contributed by atoms with Crippen molar-refractivity contribution in [2.24, 2.45) is 10.9 Å². The molecule has 0 saturated carbocycles. The Labute approximate surface area is 176 Å². The number of pyridine rings is 2. The summed E-state index contributed by atoms with van der Waals surface area (Å²) in [7, 11) is 0. The van der Waals surface area contributed by atoms with Crippen LogP contribution in [0.5, 0.6) is 0 Å². The summed E-state index contributed by atoms with van der Waals surface area (Å²) in [6.07, 6.45) is 9.80. The van der Waals surface area contributed by atoms with Gasteiger partial charge in [0.2, 0.25) is 5.91 Å². The minimum atomic E-state index is 0.187. The van der Waals surface area contributed by atoms with Gasteiger partial charge in [-0.3, -0.25) is 19.8 Å². The zero-order valence-electron chi connectivity index (χ0n) is 17.2. The van der Waals surface area contributed by atoms with Crippen LogP contribution < -0.4 is 0 Å². The first-order valence-corrected chi connectivity index (χ1v) is 10.8. The third-order valence-electron chi connectivity index (χ3n) is 6.25. The maximum atomic E-state index is 13.0. The first-order valence-electron chi connectivity index (χ1n) is 10.8. The Morgan fingerprint density at radius 1 is 1.10 bits per heavy atom. The quantitative estimate of drug-likeness (QED) is 0.642. The highest BCUT2D eigenvalue weighted by Crippen LogP contribution is 2.38. The molecule has 152 valence electrons. The van der Waals surface area contributed by atoms with Crippen LogP contribution in [0.3, 0.4) is 0 Å². The number of rotatable bonds is 5. The van der Waals surface area contributed by atoms with Crippen molar-refractivity contribution in [3.63, 3.8) is 0 Å². The van der Waals surface area contributed by atoms with Gasteiger partial charge in [0.25, 0.3) is 0 Å². The van der Waals surface area contributed by atoms with Gasteiger partial charge in [0.15, 0.2) is 0 Å². The third-order valence-corrected chi connectivity index (χ3v) is 6.25. The van der Waals surface area contributed by atoms with E-state index in [0.717, 1.165) is 37.0 Å². The molecule has 5 nitrogen and oxygen atoms in total. The molecule has 4 heterocycles. The molecule has 30 heavy (non-hydrogen) atoms. The molecular weight excluding hydrogens is 372 g/mol. The molecule has 1 fully saturated rings. The lowest BCUT2D eigenvalue weighted by Crippen LogP contribution is -2.42. The Kier molecular flexibility index (Phi) is 5.03. The molecule has 2 unspecified atom stereocenters. The van der Waals surface area contributed by atoms with Gasteiger partial charge in [-0.2, -0.15) is 0 Å². The third kappa shape index (κ3) is 3.84. The highest BCUT2D eigenvalue weighted by Gasteiger charge is 2.30. The lowest BCUT2D eigenvalue weighted by atomic mass is 9.83. The fourth-order valence-electron chi connectivity index (χ4n) is 4.75. The van der Waals surface area contributed by atoms with Gasteiger partial charge in [-0.25, -0.2) is 0 Å². The van der Waals surface area contributed by atoms with Crippen LogP contribution in [0.25, 0.3) is 10.9 Å². The molecular formula is C25H26N4O. The molecule has 2 aromatic heterocycles. The number of carbonyl (C=O) groups excluding carboxylic acids is 1. The van der Waals surface area contributed by atoms with Crippen molar-refractivity contribution in [3.05, 3.63) is 71.7 Å². The Morgan fingerprint density at radius 2 is 1.93 bits per heavy atom. The summed E-state index contributed by atoms with van der Waals surface area (Å²) in [4.78, 5) is 28.2. The lowest BCUT2D eigenvalue weighted by molar-refractivity contribution is -0.133. The van der Waals surface area contributed by atoms with Gasteiger partial charge < -0.3 is 4.90 Å². The van der Waals surface area contributed by atoms with Gasteiger partial charge in [-0.1, -0.05) is 31.2 Å². The van der Waals surface area contributed by atoms with Gasteiger partial charge in [0.1, 0.15) is 6.04 Å². The molecule has 5 rings (SSSR count). The summed E-state index contributed by atoms with van der Waals surface area (Å²) in [6, 6.07) is 12.7. The summed E-state index contributed by atoms with van der Waals surface area (Å²) >= 11 is 0. The van der Waals surface area contributed by atoms with Gasteiger partial charge in [-0.15, -0.1) is 0 Å². The van der Waals surface area contributed by atoms with Crippen LogP contribution in [-0.4, -0.2) is 40.1 Å². The number of aryl methyl sites for hydroxylation is 1. The van der Waals surface area contributed by atoms with Crippen molar-refractivity contribution in [2.75, 3.05) is 13.1 Å². The predicted molar refractivity (Wildman–Crippen MR) is 119 cm³/mol. The zero-order valence-corrected chi connectivity index (χ0v) is 17.2. The maximum Gasteiger partial charge on any atom is 0.222 e. The minimum Gasteiger partial charge on any atom is -0.342 e. The Morgan fingerprint density at radius 3 is 2.73 bits per heavy atom. The van der Waals surface area contributed by atoms with E-state index in [1.54, 1.807) is 6.20 Å². The van der Waals surface area contributed by atoms with E-state index in [-0.39, 0.29) is 11.9 Å². The molecule has 1 aromatic carbocycles. The van der Waals surface area contributed by atoms with Crippen molar-refractivity contribution in [1.82, 2.24) is 14.9 Å². The first-order chi connectivity index (χ1) is 14.7. The van der Waals surface area contributed by atoms with Crippen molar-refractivity contribution < 1.29 is 4.79 Å². The first kappa shape index (κ1) is 18.9. The van der Waals surface area contributed by atoms with E-state index < -0.39 is 0 Å². The zero-order chi connectivity index (χ0) is 20.5. The molecule has 1 amide bonds. The highest BCUT2D eigenvalue weighted by atomic mass is 16.2. The van der Waals surface area contributed by atoms with Crippen LogP contribution in [0.15, 0.2) is 60.0 Å². The molecule has 1 saturated heterocycles. The Balaban J connectivity index is 1.36. The van der Waals surface area contributed by atoms with Crippen molar-refractivity contribution in [3.8, 4) is 0 Å².